The van der Waals surface area contributed by atoms with Gasteiger partial charge in [0.15, 0.2) is 5.82 Å². The summed E-state index contributed by atoms with van der Waals surface area (Å²) >= 11 is 0. The van der Waals surface area contributed by atoms with Crippen LogP contribution in [-0.2, 0) is 20.0 Å². The molecular weight excluding hydrogens is 422 g/mol. The molecule has 2 aromatic heterocycles. The van der Waals surface area contributed by atoms with E-state index in [2.05, 4.69) is 53.4 Å². The van der Waals surface area contributed by atoms with Crippen molar-refractivity contribution in [2.45, 2.75) is 52.1 Å². The molecule has 3 heterocycles. The molecule has 2 aromatic carbocycles. The molecule has 6 nitrogen and oxygen atoms in total. The van der Waals surface area contributed by atoms with Crippen LogP contribution in [0.15, 0.2) is 36.4 Å². The van der Waals surface area contributed by atoms with Gasteiger partial charge in [0, 0.05) is 43.7 Å². The van der Waals surface area contributed by atoms with E-state index in [4.69, 9.17) is 10.7 Å². The minimum Gasteiger partial charge on any atom is -0.337 e. The number of para-hydroxylation sites is 1. The lowest BCUT2D eigenvalue weighted by Gasteiger charge is -2.29. The number of nitrogens with two attached hydrogens (primary N) is 1. The molecule has 176 valence electrons. The number of hydrogen-bond donors (Lipinski definition) is 1. The number of fused-ring (bicyclic) bond motifs is 3. The number of imidazole rings is 1. The Bertz CT molecular complexity index is 1420. The molecule has 1 saturated carbocycles. The molecule has 1 aliphatic carbocycles. The van der Waals surface area contributed by atoms with Crippen molar-refractivity contribution < 1.29 is 4.79 Å². The topological polar surface area (TPSA) is 69.1 Å². The normalized spacial score (nSPS) is 17.4. The summed E-state index contributed by atoms with van der Waals surface area (Å²) < 4.78 is 4.69. The standard InChI is InChI=1S/C28H33N5O/c1-17-6-4-9-21-13-25(33(26(17)21)16-19-7-5-8-19)27-30-23-14-22-20(12-24(23)31(27)3)10-11-32(28(22)34)15-18(2)29/h4,6,9,12-14,18-19H,5,7-8,10-11,15-16,29H2,1-3H3. The van der Waals surface area contributed by atoms with Gasteiger partial charge in [-0.1, -0.05) is 24.6 Å². The third-order valence-corrected chi connectivity index (χ3v) is 7.80. The third kappa shape index (κ3) is 3.35. The van der Waals surface area contributed by atoms with Crippen LogP contribution in [0.25, 0.3) is 33.5 Å². The first-order valence-electron chi connectivity index (χ1n) is 12.5. The predicted octanol–water partition coefficient (Wildman–Crippen LogP) is 4.65. The van der Waals surface area contributed by atoms with E-state index in [9.17, 15) is 4.79 Å². The highest BCUT2D eigenvalue weighted by atomic mass is 16.2. The first-order valence-corrected chi connectivity index (χ1v) is 12.5. The molecule has 34 heavy (non-hydrogen) atoms. The van der Waals surface area contributed by atoms with Gasteiger partial charge in [0.25, 0.3) is 5.91 Å². The monoisotopic (exact) mass is 455 g/mol. The van der Waals surface area contributed by atoms with E-state index in [1.54, 1.807) is 0 Å². The van der Waals surface area contributed by atoms with Gasteiger partial charge < -0.3 is 19.8 Å². The predicted molar refractivity (Wildman–Crippen MR) is 137 cm³/mol. The van der Waals surface area contributed by atoms with Crippen molar-refractivity contribution in [3.63, 3.8) is 0 Å². The number of aryl methyl sites for hydroxylation is 2. The van der Waals surface area contributed by atoms with Crippen molar-refractivity contribution >= 4 is 27.8 Å². The van der Waals surface area contributed by atoms with E-state index in [1.807, 2.05) is 17.9 Å². The highest BCUT2D eigenvalue weighted by molar-refractivity contribution is 6.00. The van der Waals surface area contributed by atoms with Crippen LogP contribution in [-0.4, -0.2) is 44.1 Å². The molecule has 4 aromatic rings. The van der Waals surface area contributed by atoms with Crippen molar-refractivity contribution in [3.05, 3.63) is 53.1 Å². The SMILES string of the molecule is Cc1cccc2cc(-c3nc4cc5c(cc4n3C)CCN(CC(C)N)C5=O)n(CC3CCC3)c12. The van der Waals surface area contributed by atoms with Gasteiger partial charge in [-0.25, -0.2) is 4.98 Å². The first kappa shape index (κ1) is 21.4. The molecule has 0 bridgehead atoms. The Kier molecular flexibility index (Phi) is 5.03. The Hall–Kier alpha value is -3.12. The lowest BCUT2D eigenvalue weighted by Crippen LogP contribution is -2.43. The Balaban J connectivity index is 1.49. The van der Waals surface area contributed by atoms with Crippen molar-refractivity contribution in [2.75, 3.05) is 13.1 Å². The highest BCUT2D eigenvalue weighted by Gasteiger charge is 2.28. The van der Waals surface area contributed by atoms with E-state index in [0.29, 0.717) is 6.54 Å². The number of rotatable bonds is 5. The number of nitrogens with zero attached hydrogens (tertiary/aromatic N) is 4. The molecule has 6 rings (SSSR count). The van der Waals surface area contributed by atoms with Crippen molar-refractivity contribution in [1.29, 1.82) is 0 Å². The summed E-state index contributed by atoms with van der Waals surface area (Å²) in [5.74, 6) is 1.78. The zero-order chi connectivity index (χ0) is 23.6. The zero-order valence-corrected chi connectivity index (χ0v) is 20.3. The van der Waals surface area contributed by atoms with Gasteiger partial charge in [-0.05, 0) is 68.4 Å². The van der Waals surface area contributed by atoms with Gasteiger partial charge in [-0.3, -0.25) is 4.79 Å². The van der Waals surface area contributed by atoms with E-state index < -0.39 is 0 Å². The molecule has 0 radical (unpaired) electrons. The van der Waals surface area contributed by atoms with Crippen molar-refractivity contribution in [3.8, 4) is 11.5 Å². The highest BCUT2D eigenvalue weighted by Crippen LogP contribution is 2.36. The number of benzene rings is 2. The minimum absolute atomic E-state index is 0.0308. The Labute approximate surface area is 200 Å². The summed E-state index contributed by atoms with van der Waals surface area (Å²) in [6.07, 6.45) is 4.80. The van der Waals surface area contributed by atoms with Gasteiger partial charge in [0.2, 0.25) is 0 Å². The Morgan fingerprint density at radius 1 is 1.21 bits per heavy atom. The van der Waals surface area contributed by atoms with E-state index >= 15 is 0 Å². The van der Waals surface area contributed by atoms with E-state index in [0.717, 1.165) is 59.1 Å². The van der Waals surface area contributed by atoms with Crippen LogP contribution in [0.1, 0.15) is 47.7 Å². The molecule has 0 saturated heterocycles. The van der Waals surface area contributed by atoms with Gasteiger partial charge >= 0.3 is 0 Å². The van der Waals surface area contributed by atoms with Crippen LogP contribution < -0.4 is 5.73 Å². The summed E-state index contributed by atoms with van der Waals surface area (Å²) in [5.41, 5.74) is 13.6. The summed E-state index contributed by atoms with van der Waals surface area (Å²) in [6.45, 7) is 6.49. The van der Waals surface area contributed by atoms with Crippen molar-refractivity contribution in [2.24, 2.45) is 18.7 Å². The fourth-order valence-electron chi connectivity index (χ4n) is 5.79. The van der Waals surface area contributed by atoms with Gasteiger partial charge in [0.1, 0.15) is 0 Å². The van der Waals surface area contributed by atoms with Crippen LogP contribution in [0.5, 0.6) is 0 Å². The number of carbonyl (C=O) groups excluding carboxylic acids is 1. The second kappa shape index (κ2) is 7.98. The number of hydrogen-bond acceptors (Lipinski definition) is 3. The summed E-state index contributed by atoms with van der Waals surface area (Å²) in [5, 5.41) is 1.27. The average Bonchev–Trinajstić information content (AvgIpc) is 3.30. The van der Waals surface area contributed by atoms with Gasteiger partial charge in [0.05, 0.1) is 22.2 Å². The molecule has 0 spiro atoms. The lowest BCUT2D eigenvalue weighted by molar-refractivity contribution is 0.0732. The smallest absolute Gasteiger partial charge is 0.254 e. The molecule has 2 aliphatic rings. The maximum absolute atomic E-state index is 13.2. The van der Waals surface area contributed by atoms with E-state index in [1.165, 1.54) is 35.7 Å². The van der Waals surface area contributed by atoms with Crippen LogP contribution in [0.3, 0.4) is 0 Å². The summed E-state index contributed by atoms with van der Waals surface area (Å²) in [4.78, 5) is 20.1. The summed E-state index contributed by atoms with van der Waals surface area (Å²) in [6, 6.07) is 13.0. The fourth-order valence-corrected chi connectivity index (χ4v) is 5.79. The molecule has 1 unspecified atom stereocenters. The van der Waals surface area contributed by atoms with Crippen LogP contribution in [0.2, 0.25) is 0 Å². The minimum atomic E-state index is -0.0308. The quantitative estimate of drug-likeness (QED) is 0.476. The molecule has 1 aliphatic heterocycles. The molecular formula is C28H33N5O. The molecule has 1 amide bonds. The van der Waals surface area contributed by atoms with Crippen LogP contribution in [0.4, 0.5) is 0 Å². The second-order valence-corrected chi connectivity index (χ2v) is 10.4. The summed E-state index contributed by atoms with van der Waals surface area (Å²) in [7, 11) is 2.10. The zero-order valence-electron chi connectivity index (χ0n) is 20.3. The number of carbonyl (C=O) groups is 1. The molecule has 1 fully saturated rings. The fraction of sp³-hybridized carbons (Fsp3) is 0.429. The van der Waals surface area contributed by atoms with Crippen molar-refractivity contribution in [1.82, 2.24) is 19.0 Å². The van der Waals surface area contributed by atoms with Gasteiger partial charge in [-0.15, -0.1) is 0 Å². The first-order chi connectivity index (χ1) is 16.4. The average molecular weight is 456 g/mol. The van der Waals surface area contributed by atoms with E-state index in [-0.39, 0.29) is 11.9 Å². The molecule has 2 N–H and O–H groups in total. The lowest BCUT2D eigenvalue weighted by atomic mass is 9.85. The molecule has 6 heteroatoms. The maximum atomic E-state index is 13.2. The Morgan fingerprint density at radius 3 is 2.76 bits per heavy atom. The Morgan fingerprint density at radius 2 is 2.03 bits per heavy atom. The third-order valence-electron chi connectivity index (χ3n) is 7.80. The van der Waals surface area contributed by atoms with Gasteiger partial charge in [-0.2, -0.15) is 0 Å². The maximum Gasteiger partial charge on any atom is 0.254 e. The molecule has 1 atom stereocenters. The van der Waals surface area contributed by atoms with Crippen LogP contribution in [0, 0.1) is 12.8 Å². The number of amides is 1. The second-order valence-electron chi connectivity index (χ2n) is 10.4. The largest absolute Gasteiger partial charge is 0.337 e. The number of aromatic nitrogens is 3. The van der Waals surface area contributed by atoms with Crippen LogP contribution >= 0.6 is 0 Å².